The molecule has 2 unspecified atom stereocenters. The maximum Gasteiger partial charge on any atom is 0.224 e. The smallest absolute Gasteiger partial charge is 0.224 e. The molecule has 0 amide bonds. The summed E-state index contributed by atoms with van der Waals surface area (Å²) >= 11 is 0. The van der Waals surface area contributed by atoms with Crippen LogP contribution < -0.4 is 0 Å². The number of rotatable bonds is 3. The molecule has 2 heterocycles. The molecule has 2 aliphatic rings. The first-order chi connectivity index (χ1) is 6.76. The van der Waals surface area contributed by atoms with Crippen molar-refractivity contribution >= 4 is 0 Å². The van der Waals surface area contributed by atoms with Crippen LogP contribution in [-0.4, -0.2) is 29.7 Å². The fraction of sp³-hybridized carbons (Fsp3) is 0.636. The highest BCUT2D eigenvalue weighted by molar-refractivity contribution is 5.03. The standard InChI is InChI=1S/C11H17NO2/c1-4-9-6-7-10(5-2)12(9)11-13-8(3)14-11/h4-5,8-11H,1-2,6-7H2,3H3. The van der Waals surface area contributed by atoms with Crippen LogP contribution in [0.25, 0.3) is 0 Å². The molecule has 0 N–H and O–H groups in total. The lowest BCUT2D eigenvalue weighted by Crippen LogP contribution is -2.54. The van der Waals surface area contributed by atoms with Crippen molar-refractivity contribution in [1.82, 2.24) is 4.90 Å². The van der Waals surface area contributed by atoms with Crippen LogP contribution in [-0.2, 0) is 9.47 Å². The number of hydrogen-bond acceptors (Lipinski definition) is 3. The van der Waals surface area contributed by atoms with Gasteiger partial charge >= 0.3 is 0 Å². The van der Waals surface area contributed by atoms with Crippen LogP contribution in [0.2, 0.25) is 0 Å². The van der Waals surface area contributed by atoms with Crippen molar-refractivity contribution in [3.63, 3.8) is 0 Å². The zero-order chi connectivity index (χ0) is 10.1. The summed E-state index contributed by atoms with van der Waals surface area (Å²) in [6.45, 7) is 9.57. The molecule has 0 aromatic rings. The molecule has 3 heteroatoms. The van der Waals surface area contributed by atoms with Crippen molar-refractivity contribution in [3.8, 4) is 0 Å². The van der Waals surface area contributed by atoms with Gasteiger partial charge in [-0.2, -0.15) is 0 Å². The lowest BCUT2D eigenvalue weighted by atomic mass is 10.2. The molecule has 2 saturated heterocycles. The molecule has 0 spiro atoms. The van der Waals surface area contributed by atoms with Gasteiger partial charge in [0, 0.05) is 12.1 Å². The molecule has 2 fully saturated rings. The Labute approximate surface area is 85.0 Å². The van der Waals surface area contributed by atoms with Crippen LogP contribution in [0, 0.1) is 0 Å². The van der Waals surface area contributed by atoms with E-state index in [1.54, 1.807) is 0 Å². The van der Waals surface area contributed by atoms with Gasteiger partial charge in [-0.15, -0.1) is 13.2 Å². The quantitative estimate of drug-likeness (QED) is 0.642. The molecule has 0 aromatic heterocycles. The molecule has 2 atom stereocenters. The normalized spacial score (nSPS) is 43.2. The van der Waals surface area contributed by atoms with Crippen molar-refractivity contribution in [2.75, 3.05) is 0 Å². The van der Waals surface area contributed by atoms with E-state index in [1.807, 2.05) is 19.1 Å². The van der Waals surface area contributed by atoms with Crippen molar-refractivity contribution < 1.29 is 9.47 Å². The largest absolute Gasteiger partial charge is 0.310 e. The lowest BCUT2D eigenvalue weighted by molar-refractivity contribution is -0.425. The molecule has 0 saturated carbocycles. The van der Waals surface area contributed by atoms with Crippen molar-refractivity contribution in [2.45, 2.75) is 44.6 Å². The van der Waals surface area contributed by atoms with Gasteiger partial charge in [0.1, 0.15) is 0 Å². The second kappa shape index (κ2) is 3.85. The molecule has 3 nitrogen and oxygen atoms in total. The van der Waals surface area contributed by atoms with Gasteiger partial charge in [0.2, 0.25) is 6.41 Å². The highest BCUT2D eigenvalue weighted by Crippen LogP contribution is 2.33. The van der Waals surface area contributed by atoms with Gasteiger partial charge in [-0.1, -0.05) is 12.2 Å². The minimum Gasteiger partial charge on any atom is -0.310 e. The van der Waals surface area contributed by atoms with Crippen LogP contribution in [0.5, 0.6) is 0 Å². The van der Waals surface area contributed by atoms with Gasteiger partial charge < -0.3 is 9.47 Å². The maximum atomic E-state index is 5.50. The summed E-state index contributed by atoms with van der Waals surface area (Å²) in [7, 11) is 0. The SMILES string of the molecule is C=CC1CCC(C=C)N1C1OC(C)O1. The monoisotopic (exact) mass is 195 g/mol. The molecule has 2 aliphatic heterocycles. The summed E-state index contributed by atoms with van der Waals surface area (Å²) in [5.41, 5.74) is 0. The van der Waals surface area contributed by atoms with Gasteiger partial charge in [-0.05, 0) is 19.8 Å². The Bertz CT molecular complexity index is 219. The third-order valence-electron chi connectivity index (χ3n) is 2.93. The van der Waals surface area contributed by atoms with E-state index in [4.69, 9.17) is 9.47 Å². The lowest BCUT2D eigenvalue weighted by Gasteiger charge is -2.43. The minimum absolute atomic E-state index is 0.0727. The van der Waals surface area contributed by atoms with Gasteiger partial charge in [-0.3, -0.25) is 0 Å². The summed E-state index contributed by atoms with van der Waals surface area (Å²) in [6, 6.07) is 0.714. The Morgan fingerprint density at radius 3 is 2.00 bits per heavy atom. The van der Waals surface area contributed by atoms with E-state index in [2.05, 4.69) is 18.1 Å². The Morgan fingerprint density at radius 2 is 1.64 bits per heavy atom. The summed E-state index contributed by atoms with van der Waals surface area (Å²) < 4.78 is 11.0. The van der Waals surface area contributed by atoms with Crippen LogP contribution >= 0.6 is 0 Å². The predicted octanol–water partition coefficient (Wildman–Crippen LogP) is 1.87. The van der Waals surface area contributed by atoms with Gasteiger partial charge in [0.15, 0.2) is 6.29 Å². The first kappa shape index (κ1) is 9.90. The van der Waals surface area contributed by atoms with E-state index >= 15 is 0 Å². The second-order valence-corrected chi connectivity index (χ2v) is 3.78. The number of ether oxygens (including phenoxy) is 2. The van der Waals surface area contributed by atoms with Gasteiger partial charge in [0.25, 0.3) is 0 Å². The average Bonchev–Trinajstić information content (AvgIpc) is 2.55. The molecule has 0 bridgehead atoms. The molecule has 0 aromatic carbocycles. The van der Waals surface area contributed by atoms with E-state index in [0.29, 0.717) is 12.1 Å². The fourth-order valence-corrected chi connectivity index (χ4v) is 2.16. The molecule has 78 valence electrons. The maximum absolute atomic E-state index is 5.50. The van der Waals surface area contributed by atoms with Crippen molar-refractivity contribution in [2.24, 2.45) is 0 Å². The first-order valence-corrected chi connectivity index (χ1v) is 5.09. The summed E-state index contributed by atoms with van der Waals surface area (Å²) in [5, 5.41) is 0. The third-order valence-corrected chi connectivity index (χ3v) is 2.93. The van der Waals surface area contributed by atoms with Gasteiger partial charge in [0.05, 0.1) is 0 Å². The van der Waals surface area contributed by atoms with E-state index in [-0.39, 0.29) is 12.7 Å². The molecule has 14 heavy (non-hydrogen) atoms. The number of hydrogen-bond donors (Lipinski definition) is 0. The summed E-state index contributed by atoms with van der Waals surface area (Å²) in [4.78, 5) is 2.19. The molecule has 0 aliphatic carbocycles. The van der Waals surface area contributed by atoms with E-state index in [1.165, 1.54) is 0 Å². The molecule has 0 radical (unpaired) electrons. The first-order valence-electron chi connectivity index (χ1n) is 5.09. The topological polar surface area (TPSA) is 21.7 Å². The predicted molar refractivity (Wildman–Crippen MR) is 54.5 cm³/mol. The van der Waals surface area contributed by atoms with Crippen LogP contribution in [0.1, 0.15) is 19.8 Å². The zero-order valence-corrected chi connectivity index (χ0v) is 8.56. The third kappa shape index (κ3) is 1.52. The number of nitrogens with zero attached hydrogens (tertiary/aromatic N) is 1. The van der Waals surface area contributed by atoms with Crippen LogP contribution in [0.3, 0.4) is 0 Å². The molecular weight excluding hydrogens is 178 g/mol. The highest BCUT2D eigenvalue weighted by atomic mass is 16.9. The number of likely N-dealkylation sites (tertiary alicyclic amines) is 1. The Kier molecular flexibility index (Phi) is 2.72. The Morgan fingerprint density at radius 1 is 1.14 bits per heavy atom. The van der Waals surface area contributed by atoms with Crippen molar-refractivity contribution in [1.29, 1.82) is 0 Å². The zero-order valence-electron chi connectivity index (χ0n) is 8.56. The Hall–Kier alpha value is -0.640. The summed E-state index contributed by atoms with van der Waals surface area (Å²) in [5.74, 6) is 0. The van der Waals surface area contributed by atoms with E-state index in [9.17, 15) is 0 Å². The average molecular weight is 195 g/mol. The second-order valence-electron chi connectivity index (χ2n) is 3.78. The van der Waals surface area contributed by atoms with Crippen molar-refractivity contribution in [3.05, 3.63) is 25.3 Å². The molecule has 2 rings (SSSR count). The Balaban J connectivity index is 2.04. The van der Waals surface area contributed by atoms with Crippen LogP contribution in [0.4, 0.5) is 0 Å². The van der Waals surface area contributed by atoms with E-state index in [0.717, 1.165) is 12.8 Å². The van der Waals surface area contributed by atoms with Gasteiger partial charge in [-0.25, -0.2) is 4.90 Å². The molecular formula is C11H17NO2. The summed E-state index contributed by atoms with van der Waals surface area (Å²) in [6.07, 6.45) is 5.86. The van der Waals surface area contributed by atoms with Crippen LogP contribution in [0.15, 0.2) is 25.3 Å². The minimum atomic E-state index is -0.196. The fourth-order valence-electron chi connectivity index (χ4n) is 2.16. The highest BCUT2D eigenvalue weighted by Gasteiger charge is 2.42. The van der Waals surface area contributed by atoms with E-state index < -0.39 is 0 Å².